The largest absolute Gasteiger partial charge is 0.465 e. The minimum absolute atomic E-state index is 0.114. The van der Waals surface area contributed by atoms with Crippen molar-refractivity contribution in [2.45, 2.75) is 76.7 Å². The lowest BCUT2D eigenvalue weighted by Gasteiger charge is -2.46. The van der Waals surface area contributed by atoms with Gasteiger partial charge >= 0.3 is 12.1 Å². The van der Waals surface area contributed by atoms with Crippen molar-refractivity contribution < 1.29 is 29.1 Å². The van der Waals surface area contributed by atoms with Gasteiger partial charge in [-0.05, 0) is 52.0 Å². The molecular weight excluding hydrogens is 454 g/mol. The number of hydrogen-bond acceptors (Lipinski definition) is 5. The molecule has 2 saturated heterocycles. The second-order valence-electron chi connectivity index (χ2n) is 10.4. The summed E-state index contributed by atoms with van der Waals surface area (Å²) in [4.78, 5) is 58.4. The Hall–Kier alpha value is -3.34. The SMILES string of the molecule is CC(C)(C)N(C(=O)O)C1CC(C(=O)NNC(=O)[C@@H]2CC[C@@H]3CN2C(=O)N3OCc2ccccc2)C1. The molecule has 2 bridgehead atoms. The third kappa shape index (κ3) is 5.19. The first kappa shape index (κ1) is 24.8. The van der Waals surface area contributed by atoms with Crippen molar-refractivity contribution in [3.8, 4) is 0 Å². The van der Waals surface area contributed by atoms with Crippen LogP contribution in [0.4, 0.5) is 9.59 Å². The molecule has 190 valence electrons. The summed E-state index contributed by atoms with van der Waals surface area (Å²) in [7, 11) is 0. The van der Waals surface area contributed by atoms with Crippen molar-refractivity contribution in [3.63, 3.8) is 0 Å². The smallest absolute Gasteiger partial charge is 0.407 e. The summed E-state index contributed by atoms with van der Waals surface area (Å²) >= 11 is 0. The zero-order valence-electron chi connectivity index (χ0n) is 20.3. The third-order valence-corrected chi connectivity index (χ3v) is 6.93. The van der Waals surface area contributed by atoms with Gasteiger partial charge in [-0.25, -0.2) is 9.59 Å². The first-order valence-electron chi connectivity index (χ1n) is 11.9. The molecule has 11 nitrogen and oxygen atoms in total. The van der Waals surface area contributed by atoms with E-state index >= 15 is 0 Å². The van der Waals surface area contributed by atoms with E-state index in [2.05, 4.69) is 10.9 Å². The highest BCUT2D eigenvalue weighted by Gasteiger charge is 2.48. The number of amides is 5. The van der Waals surface area contributed by atoms with Crippen LogP contribution < -0.4 is 10.9 Å². The molecule has 0 radical (unpaired) electrons. The molecule has 3 aliphatic rings. The number of urea groups is 1. The Labute approximate surface area is 204 Å². The van der Waals surface area contributed by atoms with Crippen molar-refractivity contribution in [2.75, 3.05) is 6.54 Å². The standard InChI is InChI=1S/C24H33N5O6/c1-24(2,3)28(23(33)34)18-11-16(12-18)20(30)25-26-21(31)19-10-9-17-13-27(19)22(32)29(17)35-14-15-7-5-4-6-8-15/h4-8,16-19H,9-14H2,1-3H3,(H,25,30)(H,26,31)(H,33,34)/t16?,17-,18?,19+/m1/s1. The fourth-order valence-electron chi connectivity index (χ4n) is 5.10. The van der Waals surface area contributed by atoms with E-state index in [0.29, 0.717) is 32.2 Å². The number of piperidine rings is 1. The van der Waals surface area contributed by atoms with E-state index < -0.39 is 23.6 Å². The Morgan fingerprint density at radius 3 is 2.37 bits per heavy atom. The Morgan fingerprint density at radius 2 is 1.74 bits per heavy atom. The summed E-state index contributed by atoms with van der Waals surface area (Å²) < 4.78 is 0. The second-order valence-corrected chi connectivity index (χ2v) is 10.4. The molecular formula is C24H33N5O6. The molecule has 0 unspecified atom stereocenters. The highest BCUT2D eigenvalue weighted by atomic mass is 16.7. The summed E-state index contributed by atoms with van der Waals surface area (Å²) in [5.74, 6) is -1.19. The van der Waals surface area contributed by atoms with Crippen LogP contribution in [-0.2, 0) is 21.0 Å². The van der Waals surface area contributed by atoms with Gasteiger partial charge in [0.1, 0.15) is 12.6 Å². The normalized spacial score (nSPS) is 25.6. The molecule has 1 aromatic carbocycles. The van der Waals surface area contributed by atoms with E-state index in [1.54, 1.807) is 0 Å². The van der Waals surface area contributed by atoms with Crippen LogP contribution in [0.25, 0.3) is 0 Å². The summed E-state index contributed by atoms with van der Waals surface area (Å²) in [6.07, 6.45) is 0.866. The third-order valence-electron chi connectivity index (χ3n) is 6.93. The van der Waals surface area contributed by atoms with E-state index in [-0.39, 0.29) is 36.5 Å². The fourth-order valence-corrected chi connectivity index (χ4v) is 5.10. The lowest BCUT2D eigenvalue weighted by molar-refractivity contribution is -0.140. The van der Waals surface area contributed by atoms with Crippen LogP contribution in [0.1, 0.15) is 52.0 Å². The van der Waals surface area contributed by atoms with Gasteiger partial charge in [0, 0.05) is 24.0 Å². The number of hydrogen-bond donors (Lipinski definition) is 3. The zero-order valence-corrected chi connectivity index (χ0v) is 20.3. The summed E-state index contributed by atoms with van der Waals surface area (Å²) in [5.41, 5.74) is 5.29. The number of fused-ring (bicyclic) bond motifs is 2. The molecule has 35 heavy (non-hydrogen) atoms. The van der Waals surface area contributed by atoms with Crippen LogP contribution in [0.5, 0.6) is 0 Å². The maximum absolute atomic E-state index is 12.9. The number of hydroxylamine groups is 2. The van der Waals surface area contributed by atoms with Crippen molar-refractivity contribution in [1.29, 1.82) is 0 Å². The van der Waals surface area contributed by atoms with Gasteiger partial charge in [-0.1, -0.05) is 30.3 Å². The Kier molecular flexibility index (Phi) is 6.88. The van der Waals surface area contributed by atoms with Gasteiger partial charge in [0.05, 0.1) is 6.04 Å². The molecule has 1 saturated carbocycles. The van der Waals surface area contributed by atoms with Gasteiger partial charge in [-0.2, -0.15) is 5.06 Å². The minimum Gasteiger partial charge on any atom is -0.465 e. The molecule has 2 heterocycles. The lowest BCUT2D eigenvalue weighted by atomic mass is 9.77. The highest BCUT2D eigenvalue weighted by molar-refractivity contribution is 5.90. The summed E-state index contributed by atoms with van der Waals surface area (Å²) in [6.45, 7) is 6.10. The Balaban J connectivity index is 1.25. The Bertz CT molecular complexity index is 974. The van der Waals surface area contributed by atoms with Crippen LogP contribution in [0.2, 0.25) is 0 Å². The maximum atomic E-state index is 12.9. The molecule has 2 atom stereocenters. The second kappa shape index (κ2) is 9.73. The number of carboxylic acid groups (broad SMARTS) is 1. The Morgan fingerprint density at radius 1 is 1.09 bits per heavy atom. The number of benzene rings is 1. The molecule has 0 spiro atoms. The molecule has 4 rings (SSSR count). The van der Waals surface area contributed by atoms with Crippen LogP contribution in [-0.4, -0.2) is 74.1 Å². The fraction of sp³-hybridized carbons (Fsp3) is 0.583. The predicted molar refractivity (Wildman–Crippen MR) is 124 cm³/mol. The van der Waals surface area contributed by atoms with Gasteiger partial charge in [0.25, 0.3) is 5.91 Å². The monoisotopic (exact) mass is 487 g/mol. The van der Waals surface area contributed by atoms with Gasteiger partial charge in [0.15, 0.2) is 0 Å². The topological polar surface area (TPSA) is 132 Å². The van der Waals surface area contributed by atoms with Gasteiger partial charge in [0.2, 0.25) is 5.91 Å². The van der Waals surface area contributed by atoms with Crippen molar-refractivity contribution in [3.05, 3.63) is 35.9 Å². The number of carbonyl (C=O) groups excluding carboxylic acids is 3. The molecule has 3 fully saturated rings. The van der Waals surface area contributed by atoms with E-state index in [4.69, 9.17) is 4.84 Å². The highest BCUT2D eigenvalue weighted by Crippen LogP contribution is 2.36. The van der Waals surface area contributed by atoms with Gasteiger partial charge in [-0.3, -0.25) is 25.3 Å². The van der Waals surface area contributed by atoms with Crippen LogP contribution in [0.15, 0.2) is 30.3 Å². The molecule has 0 aromatic heterocycles. The lowest BCUT2D eigenvalue weighted by Crippen LogP contribution is -2.59. The summed E-state index contributed by atoms with van der Waals surface area (Å²) in [5, 5.41) is 10.9. The first-order valence-corrected chi connectivity index (χ1v) is 11.9. The molecule has 11 heteroatoms. The van der Waals surface area contributed by atoms with Crippen LogP contribution in [0, 0.1) is 5.92 Å². The number of nitrogens with one attached hydrogen (secondary N) is 2. The first-order chi connectivity index (χ1) is 16.6. The van der Waals surface area contributed by atoms with E-state index in [1.807, 2.05) is 51.1 Å². The predicted octanol–water partition coefficient (Wildman–Crippen LogP) is 2.09. The minimum atomic E-state index is -1.01. The van der Waals surface area contributed by atoms with Crippen LogP contribution in [0.3, 0.4) is 0 Å². The average molecular weight is 488 g/mol. The molecule has 5 amide bonds. The molecule has 1 aromatic rings. The molecule has 3 N–H and O–H groups in total. The van der Waals surface area contributed by atoms with Crippen molar-refractivity contribution in [1.82, 2.24) is 25.7 Å². The average Bonchev–Trinajstić information content (AvgIpc) is 3.01. The van der Waals surface area contributed by atoms with Crippen molar-refractivity contribution >= 4 is 23.9 Å². The number of hydrazine groups is 1. The van der Waals surface area contributed by atoms with E-state index in [0.717, 1.165) is 5.56 Å². The summed E-state index contributed by atoms with van der Waals surface area (Å²) in [6, 6.07) is 8.14. The zero-order chi connectivity index (χ0) is 25.3. The van der Waals surface area contributed by atoms with Gasteiger partial charge in [-0.15, -0.1) is 0 Å². The van der Waals surface area contributed by atoms with Gasteiger partial charge < -0.3 is 14.9 Å². The van der Waals surface area contributed by atoms with Crippen LogP contribution >= 0.6 is 0 Å². The van der Waals surface area contributed by atoms with E-state index in [9.17, 15) is 24.3 Å². The van der Waals surface area contributed by atoms with Crippen molar-refractivity contribution in [2.24, 2.45) is 5.92 Å². The molecule has 2 aliphatic heterocycles. The molecule has 1 aliphatic carbocycles. The number of rotatable bonds is 6. The maximum Gasteiger partial charge on any atom is 0.407 e. The number of carbonyl (C=O) groups is 4. The number of nitrogens with zero attached hydrogens (tertiary/aromatic N) is 3. The quantitative estimate of drug-likeness (QED) is 0.527. The van der Waals surface area contributed by atoms with E-state index in [1.165, 1.54) is 14.9 Å².